The van der Waals surface area contributed by atoms with E-state index in [1.165, 1.54) is 12.1 Å². The van der Waals surface area contributed by atoms with Crippen LogP contribution in [0.1, 0.15) is 46.5 Å². The summed E-state index contributed by atoms with van der Waals surface area (Å²) in [5.41, 5.74) is 0. The van der Waals surface area contributed by atoms with Gasteiger partial charge in [0, 0.05) is 38.2 Å². The smallest absolute Gasteiger partial charge is 0.240 e. The number of benzene rings is 1. The molecule has 0 unspecified atom stereocenters. The average molecular weight is 442 g/mol. The molecule has 170 valence electrons. The van der Waals surface area contributed by atoms with Gasteiger partial charge in [0.25, 0.3) is 0 Å². The number of unbranched alkanes of at least 4 members (excludes halogenated alkanes) is 2. The molecule has 0 saturated heterocycles. The van der Waals surface area contributed by atoms with Gasteiger partial charge in [-0.1, -0.05) is 13.3 Å². The molecule has 0 aliphatic carbocycles. The molecule has 1 aromatic rings. The maximum Gasteiger partial charge on any atom is 0.240 e. The van der Waals surface area contributed by atoms with Crippen LogP contribution in [0.15, 0.2) is 23.1 Å². The Morgan fingerprint density at radius 2 is 1.83 bits per heavy atom. The highest BCUT2D eigenvalue weighted by molar-refractivity contribution is 7.89. The van der Waals surface area contributed by atoms with Crippen LogP contribution in [-0.2, 0) is 14.8 Å². The molecule has 0 radical (unpaired) electrons. The van der Waals surface area contributed by atoms with E-state index in [2.05, 4.69) is 35.7 Å². The Morgan fingerprint density at radius 1 is 1.10 bits per heavy atom. The number of likely N-dealkylation sites (N-methyl/N-ethyl adjacent to an activating group) is 1. The predicted molar refractivity (Wildman–Crippen MR) is 116 cm³/mol. The minimum atomic E-state index is -3.60. The molecule has 1 aromatic carbocycles. The van der Waals surface area contributed by atoms with Crippen molar-refractivity contribution in [3.8, 4) is 11.5 Å². The number of amides is 1. The second-order valence-corrected chi connectivity index (χ2v) is 9.35. The van der Waals surface area contributed by atoms with Gasteiger partial charge in [0.2, 0.25) is 15.9 Å². The van der Waals surface area contributed by atoms with Crippen LogP contribution in [-0.4, -0.2) is 64.7 Å². The predicted octanol–water partition coefficient (Wildman–Crippen LogP) is 2.14. The lowest BCUT2D eigenvalue weighted by atomic mass is 10.2. The fourth-order valence-electron chi connectivity index (χ4n) is 3.28. The van der Waals surface area contributed by atoms with Gasteiger partial charge in [-0.25, -0.2) is 13.1 Å². The SMILES string of the molecule is CCN(CCNC(=O)CCCCCNS(=O)(=O)c1ccc2c(c1)OCCO2)C(C)C. The first-order valence-corrected chi connectivity index (χ1v) is 12.2. The lowest BCUT2D eigenvalue weighted by molar-refractivity contribution is -0.121. The lowest BCUT2D eigenvalue weighted by Gasteiger charge is -2.24. The standard InChI is InChI=1S/C21H35N3O5S/c1-4-24(17(2)3)13-12-22-21(25)8-6-5-7-11-23-30(26,27)18-9-10-19-20(16-18)29-15-14-28-19/h9-10,16-17,23H,4-8,11-15H2,1-3H3,(H,22,25). The van der Waals surface area contributed by atoms with Crippen LogP contribution in [0.5, 0.6) is 11.5 Å². The highest BCUT2D eigenvalue weighted by Crippen LogP contribution is 2.32. The van der Waals surface area contributed by atoms with E-state index in [0.29, 0.717) is 56.7 Å². The van der Waals surface area contributed by atoms with Crippen LogP contribution >= 0.6 is 0 Å². The third kappa shape index (κ3) is 7.77. The fourth-order valence-corrected chi connectivity index (χ4v) is 4.37. The molecule has 1 heterocycles. The van der Waals surface area contributed by atoms with Crippen LogP contribution in [0.25, 0.3) is 0 Å². The van der Waals surface area contributed by atoms with E-state index >= 15 is 0 Å². The van der Waals surface area contributed by atoms with Crippen molar-refractivity contribution in [3.63, 3.8) is 0 Å². The largest absolute Gasteiger partial charge is 0.486 e. The molecule has 0 fully saturated rings. The zero-order chi connectivity index (χ0) is 22.0. The third-order valence-corrected chi connectivity index (χ3v) is 6.51. The van der Waals surface area contributed by atoms with Crippen LogP contribution < -0.4 is 19.5 Å². The molecule has 0 bridgehead atoms. The molecule has 0 atom stereocenters. The van der Waals surface area contributed by atoms with Crippen LogP contribution in [0.3, 0.4) is 0 Å². The van der Waals surface area contributed by atoms with E-state index < -0.39 is 10.0 Å². The third-order valence-electron chi connectivity index (χ3n) is 5.05. The molecule has 0 spiro atoms. The van der Waals surface area contributed by atoms with E-state index in [1.54, 1.807) is 6.07 Å². The first-order valence-electron chi connectivity index (χ1n) is 10.7. The Labute approximate surface area is 180 Å². The minimum absolute atomic E-state index is 0.0478. The number of carbonyl (C=O) groups excluding carboxylic acids is 1. The summed E-state index contributed by atoms with van der Waals surface area (Å²) in [6.07, 6.45) is 2.65. The lowest BCUT2D eigenvalue weighted by Crippen LogP contribution is -2.38. The van der Waals surface area contributed by atoms with Crippen molar-refractivity contribution >= 4 is 15.9 Å². The van der Waals surface area contributed by atoms with Crippen molar-refractivity contribution in [1.29, 1.82) is 0 Å². The topological polar surface area (TPSA) is 97.0 Å². The highest BCUT2D eigenvalue weighted by atomic mass is 32.2. The summed E-state index contributed by atoms with van der Waals surface area (Å²) < 4.78 is 38.3. The molecule has 30 heavy (non-hydrogen) atoms. The summed E-state index contributed by atoms with van der Waals surface area (Å²) in [7, 11) is -3.60. The number of ether oxygens (including phenoxy) is 2. The summed E-state index contributed by atoms with van der Waals surface area (Å²) >= 11 is 0. The van der Waals surface area contributed by atoms with Crippen molar-refractivity contribution in [2.75, 3.05) is 39.4 Å². The van der Waals surface area contributed by atoms with E-state index in [4.69, 9.17) is 9.47 Å². The summed E-state index contributed by atoms with van der Waals surface area (Å²) in [6, 6.07) is 5.08. The molecule has 2 N–H and O–H groups in total. The first kappa shape index (κ1) is 24.4. The number of nitrogens with zero attached hydrogens (tertiary/aromatic N) is 1. The van der Waals surface area contributed by atoms with Crippen molar-refractivity contribution < 1.29 is 22.7 Å². The number of sulfonamides is 1. The average Bonchev–Trinajstić information content (AvgIpc) is 2.73. The molecular formula is C21H35N3O5S. The summed E-state index contributed by atoms with van der Waals surface area (Å²) in [6.45, 7) is 10.1. The van der Waals surface area contributed by atoms with Crippen molar-refractivity contribution in [1.82, 2.24) is 14.9 Å². The van der Waals surface area contributed by atoms with Gasteiger partial charge in [0.15, 0.2) is 11.5 Å². The normalized spacial score (nSPS) is 13.6. The van der Waals surface area contributed by atoms with E-state index in [1.807, 2.05) is 0 Å². The van der Waals surface area contributed by atoms with Crippen molar-refractivity contribution in [2.24, 2.45) is 0 Å². The Bertz CT molecular complexity index is 783. The van der Waals surface area contributed by atoms with Gasteiger partial charge in [-0.3, -0.25) is 9.69 Å². The summed E-state index contributed by atoms with van der Waals surface area (Å²) in [5, 5.41) is 2.95. The number of nitrogens with one attached hydrogen (secondary N) is 2. The zero-order valence-electron chi connectivity index (χ0n) is 18.3. The number of rotatable bonds is 13. The molecule has 0 saturated carbocycles. The van der Waals surface area contributed by atoms with Crippen molar-refractivity contribution in [3.05, 3.63) is 18.2 Å². The van der Waals surface area contributed by atoms with E-state index in [-0.39, 0.29) is 10.8 Å². The van der Waals surface area contributed by atoms with Crippen LogP contribution in [0.4, 0.5) is 0 Å². The second-order valence-electron chi connectivity index (χ2n) is 7.59. The Kier molecular flexibility index (Phi) is 9.87. The molecule has 9 heteroatoms. The molecule has 8 nitrogen and oxygen atoms in total. The number of hydrogen-bond donors (Lipinski definition) is 2. The summed E-state index contributed by atoms with van der Waals surface area (Å²) in [5.74, 6) is 1.06. The molecular weight excluding hydrogens is 406 g/mol. The van der Waals surface area contributed by atoms with Gasteiger partial charge in [0.1, 0.15) is 13.2 Å². The first-order chi connectivity index (χ1) is 14.3. The monoisotopic (exact) mass is 441 g/mol. The molecule has 1 amide bonds. The van der Waals surface area contributed by atoms with Gasteiger partial charge in [-0.05, 0) is 45.4 Å². The van der Waals surface area contributed by atoms with Gasteiger partial charge in [-0.15, -0.1) is 0 Å². The molecule has 0 aromatic heterocycles. The number of fused-ring (bicyclic) bond motifs is 1. The van der Waals surface area contributed by atoms with Crippen molar-refractivity contribution in [2.45, 2.75) is 57.4 Å². The second kappa shape index (κ2) is 12.1. The van der Waals surface area contributed by atoms with E-state index in [9.17, 15) is 13.2 Å². The Balaban J connectivity index is 1.61. The van der Waals surface area contributed by atoms with Gasteiger partial charge < -0.3 is 14.8 Å². The van der Waals surface area contributed by atoms with Gasteiger partial charge >= 0.3 is 0 Å². The number of carbonyl (C=O) groups is 1. The molecule has 1 aliphatic heterocycles. The van der Waals surface area contributed by atoms with E-state index in [0.717, 1.165) is 25.9 Å². The fraction of sp³-hybridized carbons (Fsp3) is 0.667. The molecule has 1 aliphatic rings. The Morgan fingerprint density at radius 3 is 2.53 bits per heavy atom. The quantitative estimate of drug-likeness (QED) is 0.455. The maximum atomic E-state index is 12.4. The van der Waals surface area contributed by atoms with Crippen LogP contribution in [0, 0.1) is 0 Å². The minimum Gasteiger partial charge on any atom is -0.486 e. The molecule has 2 rings (SSSR count). The number of hydrogen-bond acceptors (Lipinski definition) is 6. The van der Waals surface area contributed by atoms with Gasteiger partial charge in [0.05, 0.1) is 4.90 Å². The Hall–Kier alpha value is -1.84. The summed E-state index contributed by atoms with van der Waals surface area (Å²) in [4.78, 5) is 14.4. The highest BCUT2D eigenvalue weighted by Gasteiger charge is 2.19. The zero-order valence-corrected chi connectivity index (χ0v) is 19.1. The van der Waals surface area contributed by atoms with Gasteiger partial charge in [-0.2, -0.15) is 0 Å². The maximum absolute atomic E-state index is 12.4. The van der Waals surface area contributed by atoms with Crippen LogP contribution in [0.2, 0.25) is 0 Å².